The van der Waals surface area contributed by atoms with Crippen LogP contribution in [-0.2, 0) is 0 Å². The van der Waals surface area contributed by atoms with Crippen molar-refractivity contribution in [2.45, 2.75) is 12.8 Å². The van der Waals surface area contributed by atoms with Crippen molar-refractivity contribution in [3.8, 4) is 17.9 Å². The van der Waals surface area contributed by atoms with Gasteiger partial charge < -0.3 is 4.74 Å². The SMILES string of the molecule is N#CC(C#N)CC=Cc1ccc(OC(F)(F)F)cc1. The van der Waals surface area contributed by atoms with Gasteiger partial charge in [-0.2, -0.15) is 10.5 Å². The zero-order valence-electron chi connectivity index (χ0n) is 9.69. The summed E-state index contributed by atoms with van der Waals surface area (Å²) in [5.74, 6) is -1.01. The first-order valence-corrected chi connectivity index (χ1v) is 5.26. The van der Waals surface area contributed by atoms with Gasteiger partial charge >= 0.3 is 6.36 Å². The van der Waals surface area contributed by atoms with E-state index >= 15 is 0 Å². The molecular weight excluding hydrogens is 257 g/mol. The average Bonchev–Trinajstić information content (AvgIpc) is 2.35. The predicted molar refractivity (Wildman–Crippen MR) is 61.5 cm³/mol. The number of allylic oxidation sites excluding steroid dienone is 1. The molecule has 0 amide bonds. The molecule has 0 heterocycles. The van der Waals surface area contributed by atoms with Gasteiger partial charge in [-0.15, -0.1) is 13.2 Å². The normalized spacial score (nSPS) is 11.3. The van der Waals surface area contributed by atoms with E-state index in [0.29, 0.717) is 5.56 Å². The van der Waals surface area contributed by atoms with Crippen LogP contribution in [0.2, 0.25) is 0 Å². The van der Waals surface area contributed by atoms with E-state index in [-0.39, 0.29) is 12.2 Å². The summed E-state index contributed by atoms with van der Waals surface area (Å²) < 4.78 is 39.5. The van der Waals surface area contributed by atoms with Crippen LogP contribution in [0.5, 0.6) is 5.75 Å². The third-order valence-electron chi connectivity index (χ3n) is 2.11. The van der Waals surface area contributed by atoms with Crippen molar-refractivity contribution >= 4 is 6.08 Å². The Bertz CT molecular complexity index is 507. The second-order valence-corrected chi connectivity index (χ2v) is 3.57. The van der Waals surface area contributed by atoms with E-state index in [1.54, 1.807) is 12.2 Å². The van der Waals surface area contributed by atoms with E-state index in [4.69, 9.17) is 10.5 Å². The third-order valence-corrected chi connectivity index (χ3v) is 2.11. The molecule has 0 saturated carbocycles. The predicted octanol–water partition coefficient (Wildman–Crippen LogP) is 3.65. The smallest absolute Gasteiger partial charge is 0.406 e. The molecule has 19 heavy (non-hydrogen) atoms. The molecule has 1 aromatic rings. The van der Waals surface area contributed by atoms with E-state index < -0.39 is 12.3 Å². The summed E-state index contributed by atoms with van der Waals surface area (Å²) in [5, 5.41) is 17.1. The van der Waals surface area contributed by atoms with Gasteiger partial charge in [0.25, 0.3) is 0 Å². The standard InChI is InChI=1S/C13H9F3N2O/c14-13(15,16)19-12-6-4-10(5-7-12)2-1-3-11(8-17)9-18/h1-2,4-7,11H,3H2. The Kier molecular flexibility index (Phi) is 4.96. The lowest BCUT2D eigenvalue weighted by atomic mass is 10.1. The van der Waals surface area contributed by atoms with Crippen molar-refractivity contribution < 1.29 is 17.9 Å². The fourth-order valence-corrected chi connectivity index (χ4v) is 1.26. The molecule has 0 fully saturated rings. The third kappa shape index (κ3) is 5.60. The van der Waals surface area contributed by atoms with Gasteiger partial charge in [0.05, 0.1) is 12.1 Å². The molecule has 0 spiro atoms. The first kappa shape index (κ1) is 14.6. The van der Waals surface area contributed by atoms with Crippen LogP contribution < -0.4 is 4.74 Å². The zero-order chi connectivity index (χ0) is 14.3. The summed E-state index contributed by atoms with van der Waals surface area (Å²) >= 11 is 0. The lowest BCUT2D eigenvalue weighted by Gasteiger charge is -2.08. The highest BCUT2D eigenvalue weighted by atomic mass is 19.4. The summed E-state index contributed by atoms with van der Waals surface area (Å²) in [6.07, 6.45) is -1.19. The monoisotopic (exact) mass is 266 g/mol. The average molecular weight is 266 g/mol. The minimum atomic E-state index is -4.70. The molecule has 0 radical (unpaired) electrons. The van der Waals surface area contributed by atoms with E-state index in [0.717, 1.165) is 0 Å². The highest BCUT2D eigenvalue weighted by Gasteiger charge is 2.30. The van der Waals surface area contributed by atoms with Crippen molar-refractivity contribution in [3.05, 3.63) is 35.9 Å². The molecule has 1 aromatic carbocycles. The number of hydrogen-bond donors (Lipinski definition) is 0. The Balaban J connectivity index is 2.61. The van der Waals surface area contributed by atoms with Gasteiger partial charge in [0, 0.05) is 0 Å². The van der Waals surface area contributed by atoms with E-state index in [1.807, 2.05) is 12.1 Å². The summed E-state index contributed by atoms with van der Waals surface area (Å²) in [5.41, 5.74) is 0.657. The maximum Gasteiger partial charge on any atom is 0.573 e. The first-order chi connectivity index (χ1) is 8.94. The molecule has 98 valence electrons. The van der Waals surface area contributed by atoms with Crippen LogP contribution in [0, 0.1) is 28.6 Å². The summed E-state index contributed by atoms with van der Waals surface area (Å²) in [4.78, 5) is 0. The summed E-state index contributed by atoms with van der Waals surface area (Å²) in [7, 11) is 0. The highest BCUT2D eigenvalue weighted by Crippen LogP contribution is 2.23. The Hall–Kier alpha value is -2.47. The minimum Gasteiger partial charge on any atom is -0.406 e. The topological polar surface area (TPSA) is 56.8 Å². The lowest BCUT2D eigenvalue weighted by Crippen LogP contribution is -2.16. The second-order valence-electron chi connectivity index (χ2n) is 3.57. The molecule has 0 saturated heterocycles. The van der Waals surface area contributed by atoms with Crippen LogP contribution in [0.3, 0.4) is 0 Å². The van der Waals surface area contributed by atoms with Crippen LogP contribution in [0.4, 0.5) is 13.2 Å². The zero-order valence-corrected chi connectivity index (χ0v) is 9.69. The first-order valence-electron chi connectivity index (χ1n) is 5.26. The van der Waals surface area contributed by atoms with Gasteiger partial charge in [0.15, 0.2) is 0 Å². The van der Waals surface area contributed by atoms with Gasteiger partial charge in [0.1, 0.15) is 11.7 Å². The van der Waals surface area contributed by atoms with E-state index in [2.05, 4.69) is 4.74 Å². The fraction of sp³-hybridized carbons (Fsp3) is 0.231. The molecule has 6 heteroatoms. The Morgan fingerprint density at radius 3 is 2.21 bits per heavy atom. The minimum absolute atomic E-state index is 0.272. The number of hydrogen-bond acceptors (Lipinski definition) is 3. The number of rotatable bonds is 4. The van der Waals surface area contributed by atoms with Crippen molar-refractivity contribution in [2.24, 2.45) is 5.92 Å². The Morgan fingerprint density at radius 2 is 1.74 bits per heavy atom. The molecule has 0 aliphatic rings. The van der Waals surface area contributed by atoms with E-state index in [1.165, 1.54) is 24.3 Å². The Labute approximate surface area is 108 Å². The van der Waals surface area contributed by atoms with Crippen LogP contribution in [0.25, 0.3) is 6.08 Å². The van der Waals surface area contributed by atoms with Crippen molar-refractivity contribution in [1.82, 2.24) is 0 Å². The number of nitriles is 2. The molecule has 0 aliphatic carbocycles. The van der Waals surface area contributed by atoms with Gasteiger partial charge in [-0.3, -0.25) is 0 Å². The van der Waals surface area contributed by atoms with Crippen molar-refractivity contribution in [2.75, 3.05) is 0 Å². The molecule has 0 unspecified atom stereocenters. The van der Waals surface area contributed by atoms with Crippen LogP contribution in [-0.4, -0.2) is 6.36 Å². The number of halogens is 3. The second kappa shape index (κ2) is 6.46. The summed E-state index contributed by atoms with van der Waals surface area (Å²) in [6, 6.07) is 8.92. The fourth-order valence-electron chi connectivity index (χ4n) is 1.26. The lowest BCUT2D eigenvalue weighted by molar-refractivity contribution is -0.274. The summed E-state index contributed by atoms with van der Waals surface area (Å²) in [6.45, 7) is 0. The van der Waals surface area contributed by atoms with Crippen LogP contribution in [0.15, 0.2) is 30.3 Å². The maximum atomic E-state index is 11.9. The van der Waals surface area contributed by atoms with Gasteiger partial charge in [-0.1, -0.05) is 24.3 Å². The molecule has 3 nitrogen and oxygen atoms in total. The largest absolute Gasteiger partial charge is 0.573 e. The molecule has 0 bridgehead atoms. The van der Waals surface area contributed by atoms with Crippen molar-refractivity contribution in [1.29, 1.82) is 10.5 Å². The molecular formula is C13H9F3N2O. The highest BCUT2D eigenvalue weighted by molar-refractivity contribution is 5.50. The molecule has 1 rings (SSSR count). The molecule has 0 N–H and O–H groups in total. The quantitative estimate of drug-likeness (QED) is 0.835. The van der Waals surface area contributed by atoms with Crippen molar-refractivity contribution in [3.63, 3.8) is 0 Å². The van der Waals surface area contributed by atoms with Crippen LogP contribution >= 0.6 is 0 Å². The van der Waals surface area contributed by atoms with Gasteiger partial charge in [-0.25, -0.2) is 0 Å². The van der Waals surface area contributed by atoms with Crippen LogP contribution in [0.1, 0.15) is 12.0 Å². The number of nitrogens with zero attached hydrogens (tertiary/aromatic N) is 2. The van der Waals surface area contributed by atoms with Gasteiger partial charge in [0.2, 0.25) is 0 Å². The van der Waals surface area contributed by atoms with Gasteiger partial charge in [-0.05, 0) is 24.1 Å². The molecule has 0 atom stereocenters. The number of alkyl halides is 3. The van der Waals surface area contributed by atoms with E-state index in [9.17, 15) is 13.2 Å². The maximum absolute atomic E-state index is 11.9. The molecule has 0 aromatic heterocycles. The Morgan fingerprint density at radius 1 is 1.16 bits per heavy atom. The molecule has 0 aliphatic heterocycles. The number of ether oxygens (including phenoxy) is 1. The number of benzene rings is 1.